The van der Waals surface area contributed by atoms with Gasteiger partial charge in [0.05, 0.1) is 6.07 Å². The van der Waals surface area contributed by atoms with Gasteiger partial charge in [0.1, 0.15) is 12.3 Å². The summed E-state index contributed by atoms with van der Waals surface area (Å²) in [6, 6.07) is 10.9. The number of hydrogen-bond donors (Lipinski definition) is 1. The van der Waals surface area contributed by atoms with Crippen LogP contribution in [0.5, 0.6) is 5.75 Å². The monoisotopic (exact) mass is 204 g/mol. The van der Waals surface area contributed by atoms with Gasteiger partial charge in [0, 0.05) is 0 Å². The van der Waals surface area contributed by atoms with E-state index in [4.69, 9.17) is 10.00 Å². The lowest BCUT2D eigenvalue weighted by molar-refractivity contribution is -0.127. The summed E-state index contributed by atoms with van der Waals surface area (Å²) in [5.41, 5.74) is 0. The summed E-state index contributed by atoms with van der Waals surface area (Å²) in [7, 11) is 0. The number of nitriles is 1. The fraction of sp³-hybridized carbons (Fsp3) is 0.273. The molecule has 0 radical (unpaired) electrons. The molecule has 1 aromatic carbocycles. The molecule has 1 rings (SSSR count). The molecule has 0 saturated heterocycles. The van der Waals surface area contributed by atoms with Crippen molar-refractivity contribution < 1.29 is 9.53 Å². The first kappa shape index (κ1) is 11.1. The SMILES string of the molecule is C[C@H](Oc1ccccc1)C(=O)NCC#N. The van der Waals surface area contributed by atoms with Crippen LogP contribution in [0, 0.1) is 11.3 Å². The molecule has 0 aliphatic rings. The normalized spacial score (nSPS) is 11.2. The number of benzene rings is 1. The van der Waals surface area contributed by atoms with Crippen LogP contribution in [0.1, 0.15) is 6.92 Å². The van der Waals surface area contributed by atoms with Crippen LogP contribution in [0.3, 0.4) is 0 Å². The topological polar surface area (TPSA) is 62.1 Å². The molecular weight excluding hydrogens is 192 g/mol. The van der Waals surface area contributed by atoms with Gasteiger partial charge in [0.2, 0.25) is 0 Å². The molecule has 0 saturated carbocycles. The second-order valence-corrected chi connectivity index (χ2v) is 2.95. The molecular formula is C11H12N2O2. The number of ether oxygens (including phenoxy) is 1. The summed E-state index contributed by atoms with van der Waals surface area (Å²) in [5, 5.41) is 10.7. The van der Waals surface area contributed by atoms with Gasteiger partial charge >= 0.3 is 0 Å². The molecule has 0 aliphatic heterocycles. The number of hydrogen-bond acceptors (Lipinski definition) is 3. The van der Waals surface area contributed by atoms with Crippen molar-refractivity contribution in [2.45, 2.75) is 13.0 Å². The first-order chi connectivity index (χ1) is 7.24. The molecule has 1 aromatic rings. The molecule has 0 unspecified atom stereocenters. The second-order valence-electron chi connectivity index (χ2n) is 2.95. The summed E-state index contributed by atoms with van der Waals surface area (Å²) in [5.74, 6) is 0.345. The smallest absolute Gasteiger partial charge is 0.261 e. The fourth-order valence-corrected chi connectivity index (χ4v) is 1.03. The molecule has 15 heavy (non-hydrogen) atoms. The van der Waals surface area contributed by atoms with E-state index in [0.717, 1.165) is 0 Å². The first-order valence-corrected chi connectivity index (χ1v) is 4.60. The Bertz CT molecular complexity index is 357. The van der Waals surface area contributed by atoms with Crippen molar-refractivity contribution in [1.82, 2.24) is 5.32 Å². The Balaban J connectivity index is 2.46. The predicted octanol–water partition coefficient (Wildman–Crippen LogP) is 1.09. The van der Waals surface area contributed by atoms with Crippen molar-refractivity contribution in [2.75, 3.05) is 6.54 Å². The van der Waals surface area contributed by atoms with Gasteiger partial charge in [0.15, 0.2) is 6.10 Å². The van der Waals surface area contributed by atoms with Gasteiger partial charge in [0.25, 0.3) is 5.91 Å². The fourth-order valence-electron chi connectivity index (χ4n) is 1.03. The lowest BCUT2D eigenvalue weighted by Gasteiger charge is -2.13. The van der Waals surface area contributed by atoms with Crippen LogP contribution in [0.2, 0.25) is 0 Å². The van der Waals surface area contributed by atoms with E-state index in [-0.39, 0.29) is 12.5 Å². The zero-order valence-electron chi connectivity index (χ0n) is 8.43. The lowest BCUT2D eigenvalue weighted by Crippen LogP contribution is -2.36. The van der Waals surface area contributed by atoms with E-state index >= 15 is 0 Å². The number of rotatable bonds is 4. The van der Waals surface area contributed by atoms with Crippen molar-refractivity contribution in [1.29, 1.82) is 5.26 Å². The van der Waals surface area contributed by atoms with Gasteiger partial charge < -0.3 is 10.1 Å². The summed E-state index contributed by atoms with van der Waals surface area (Å²) < 4.78 is 5.35. The van der Waals surface area contributed by atoms with Crippen LogP contribution in [0.25, 0.3) is 0 Å². The van der Waals surface area contributed by atoms with E-state index in [1.54, 1.807) is 19.1 Å². The van der Waals surface area contributed by atoms with E-state index in [1.807, 2.05) is 24.3 Å². The summed E-state index contributed by atoms with van der Waals surface area (Å²) >= 11 is 0. The number of carbonyl (C=O) groups excluding carboxylic acids is 1. The van der Waals surface area contributed by atoms with E-state index in [9.17, 15) is 4.79 Å². The number of nitrogens with one attached hydrogen (secondary N) is 1. The van der Waals surface area contributed by atoms with Crippen molar-refractivity contribution in [3.8, 4) is 11.8 Å². The molecule has 0 fully saturated rings. The lowest BCUT2D eigenvalue weighted by atomic mass is 10.3. The zero-order chi connectivity index (χ0) is 11.1. The molecule has 0 aliphatic carbocycles. The second kappa shape index (κ2) is 5.66. The third-order valence-corrected chi connectivity index (χ3v) is 1.77. The predicted molar refractivity (Wildman–Crippen MR) is 55.2 cm³/mol. The van der Waals surface area contributed by atoms with Crippen molar-refractivity contribution in [3.63, 3.8) is 0 Å². The largest absolute Gasteiger partial charge is 0.481 e. The molecule has 4 nitrogen and oxygen atoms in total. The zero-order valence-corrected chi connectivity index (χ0v) is 8.43. The van der Waals surface area contributed by atoms with E-state index in [2.05, 4.69) is 5.32 Å². The molecule has 0 aromatic heterocycles. The molecule has 0 heterocycles. The van der Waals surface area contributed by atoms with Crippen molar-refractivity contribution in [2.24, 2.45) is 0 Å². The minimum absolute atomic E-state index is 0.00131. The van der Waals surface area contributed by atoms with Gasteiger partial charge in [-0.2, -0.15) is 5.26 Å². The van der Waals surface area contributed by atoms with Crippen LogP contribution in [-0.2, 0) is 4.79 Å². The van der Waals surface area contributed by atoms with Crippen LogP contribution in [0.15, 0.2) is 30.3 Å². The molecule has 0 bridgehead atoms. The van der Waals surface area contributed by atoms with Crippen LogP contribution >= 0.6 is 0 Å². The maximum Gasteiger partial charge on any atom is 0.261 e. The Hall–Kier alpha value is -2.02. The molecule has 1 N–H and O–H groups in total. The number of carbonyl (C=O) groups is 1. The van der Waals surface area contributed by atoms with Crippen LogP contribution in [-0.4, -0.2) is 18.6 Å². The minimum atomic E-state index is -0.597. The van der Waals surface area contributed by atoms with E-state index in [0.29, 0.717) is 5.75 Å². The Labute approximate surface area is 88.5 Å². The average Bonchev–Trinajstić information content (AvgIpc) is 2.27. The van der Waals surface area contributed by atoms with E-state index < -0.39 is 6.10 Å². The Morgan fingerprint density at radius 3 is 2.80 bits per heavy atom. The highest BCUT2D eigenvalue weighted by molar-refractivity contribution is 5.80. The number of para-hydroxylation sites is 1. The van der Waals surface area contributed by atoms with Gasteiger partial charge in [-0.05, 0) is 19.1 Å². The highest BCUT2D eigenvalue weighted by Crippen LogP contribution is 2.10. The van der Waals surface area contributed by atoms with Gasteiger partial charge in [-0.1, -0.05) is 18.2 Å². The molecule has 1 amide bonds. The summed E-state index contributed by atoms with van der Waals surface area (Å²) in [6.07, 6.45) is -0.597. The summed E-state index contributed by atoms with van der Waals surface area (Å²) in [6.45, 7) is 1.64. The van der Waals surface area contributed by atoms with Crippen LogP contribution in [0.4, 0.5) is 0 Å². The van der Waals surface area contributed by atoms with Crippen molar-refractivity contribution in [3.05, 3.63) is 30.3 Å². The minimum Gasteiger partial charge on any atom is -0.481 e. The molecule has 0 spiro atoms. The standard InChI is InChI=1S/C11H12N2O2/c1-9(11(14)13-8-7-12)15-10-5-3-2-4-6-10/h2-6,9H,8H2,1H3,(H,13,14)/t9-/m0/s1. The Morgan fingerprint density at radius 2 is 2.20 bits per heavy atom. The first-order valence-electron chi connectivity index (χ1n) is 4.60. The Kier molecular flexibility index (Phi) is 4.17. The number of amides is 1. The van der Waals surface area contributed by atoms with Crippen molar-refractivity contribution >= 4 is 5.91 Å². The van der Waals surface area contributed by atoms with Gasteiger partial charge in [-0.15, -0.1) is 0 Å². The molecule has 78 valence electrons. The summed E-state index contributed by atoms with van der Waals surface area (Å²) in [4.78, 5) is 11.3. The third kappa shape index (κ3) is 3.69. The number of nitrogens with zero attached hydrogens (tertiary/aromatic N) is 1. The van der Waals surface area contributed by atoms with E-state index in [1.165, 1.54) is 0 Å². The third-order valence-electron chi connectivity index (χ3n) is 1.77. The average molecular weight is 204 g/mol. The van der Waals surface area contributed by atoms with Crippen LogP contribution < -0.4 is 10.1 Å². The van der Waals surface area contributed by atoms with Gasteiger partial charge in [-0.25, -0.2) is 0 Å². The highest BCUT2D eigenvalue weighted by atomic mass is 16.5. The Morgan fingerprint density at radius 1 is 1.53 bits per heavy atom. The maximum absolute atomic E-state index is 11.3. The van der Waals surface area contributed by atoms with Gasteiger partial charge in [-0.3, -0.25) is 4.79 Å². The molecule has 1 atom stereocenters. The highest BCUT2D eigenvalue weighted by Gasteiger charge is 2.13. The molecule has 4 heteroatoms. The maximum atomic E-state index is 11.3. The quantitative estimate of drug-likeness (QED) is 0.747.